The van der Waals surface area contributed by atoms with Gasteiger partial charge in [0.1, 0.15) is 5.75 Å². The lowest BCUT2D eigenvalue weighted by molar-refractivity contribution is 0.603. The van der Waals surface area contributed by atoms with Gasteiger partial charge in [0.2, 0.25) is 0 Å². The van der Waals surface area contributed by atoms with Crippen LogP contribution in [-0.2, 0) is 11.2 Å². The summed E-state index contributed by atoms with van der Waals surface area (Å²) in [6.45, 7) is 0. The molecule has 1 unspecified atom stereocenters. The Hall–Kier alpha value is 0.400. The second kappa shape index (κ2) is 4.56. The maximum absolute atomic E-state index is 10.2. The molecule has 0 saturated carbocycles. The number of rotatable bonds is 2. The SMILES string of the molecule is C[S+]([O-])C/C=C/S. The Morgan fingerprint density at radius 1 is 1.86 bits per heavy atom. The predicted octanol–water partition coefficient (Wildman–Crippen LogP) is 0.808. The van der Waals surface area contributed by atoms with Gasteiger partial charge in [0, 0.05) is 0 Å². The first kappa shape index (κ1) is 7.40. The van der Waals surface area contributed by atoms with Crippen molar-refractivity contribution in [3.05, 3.63) is 11.5 Å². The Labute approximate surface area is 52.4 Å². The second-order valence-corrected chi connectivity index (χ2v) is 2.90. The Morgan fingerprint density at radius 3 is 2.57 bits per heavy atom. The van der Waals surface area contributed by atoms with Gasteiger partial charge in [0.15, 0.2) is 0 Å². The number of thiol groups is 1. The fourth-order valence-corrected chi connectivity index (χ4v) is 0.794. The Kier molecular flexibility index (Phi) is 4.82. The molecule has 0 aliphatic carbocycles. The second-order valence-electron chi connectivity index (χ2n) is 1.12. The first-order valence-corrected chi connectivity index (χ1v) is 4.11. The van der Waals surface area contributed by atoms with Crippen molar-refractivity contribution in [2.45, 2.75) is 0 Å². The van der Waals surface area contributed by atoms with Crippen molar-refractivity contribution in [1.29, 1.82) is 0 Å². The van der Waals surface area contributed by atoms with Crippen LogP contribution in [-0.4, -0.2) is 16.6 Å². The first-order chi connectivity index (χ1) is 3.27. The smallest absolute Gasteiger partial charge is 0.124 e. The van der Waals surface area contributed by atoms with E-state index in [-0.39, 0.29) is 0 Å². The van der Waals surface area contributed by atoms with E-state index in [2.05, 4.69) is 12.6 Å². The average Bonchev–Trinajstić information content (AvgIpc) is 1.61. The summed E-state index contributed by atoms with van der Waals surface area (Å²) in [5.74, 6) is 0.615. The molecule has 0 radical (unpaired) electrons. The summed E-state index contributed by atoms with van der Waals surface area (Å²) in [6, 6.07) is 0. The molecular formula is C4H8OS2. The van der Waals surface area contributed by atoms with Crippen LogP contribution in [0.4, 0.5) is 0 Å². The van der Waals surface area contributed by atoms with Crippen LogP contribution in [0.15, 0.2) is 11.5 Å². The molecule has 0 aliphatic heterocycles. The van der Waals surface area contributed by atoms with Crippen molar-refractivity contribution in [2.75, 3.05) is 12.0 Å². The lowest BCUT2D eigenvalue weighted by Gasteiger charge is -1.97. The van der Waals surface area contributed by atoms with Gasteiger partial charge in [-0.2, -0.15) is 12.6 Å². The van der Waals surface area contributed by atoms with Crippen LogP contribution in [0, 0.1) is 0 Å². The fourth-order valence-electron chi connectivity index (χ4n) is 0.179. The third-order valence-corrected chi connectivity index (χ3v) is 1.31. The van der Waals surface area contributed by atoms with Gasteiger partial charge in [-0.1, -0.05) is 11.2 Å². The monoisotopic (exact) mass is 136 g/mol. The molecule has 42 valence electrons. The standard InChI is InChI=1S/C4H8OS2/c1-7(5)4-2-3-6/h2-3,6H,4H2,1H3/b3-2+. The summed E-state index contributed by atoms with van der Waals surface area (Å²) in [5, 5.41) is 1.60. The van der Waals surface area contributed by atoms with E-state index in [4.69, 9.17) is 0 Å². The normalized spacial score (nSPS) is 15.3. The van der Waals surface area contributed by atoms with Gasteiger partial charge in [0.05, 0.1) is 6.26 Å². The van der Waals surface area contributed by atoms with Gasteiger partial charge in [-0.25, -0.2) is 0 Å². The summed E-state index contributed by atoms with van der Waals surface area (Å²) in [7, 11) is 0. The highest BCUT2D eigenvalue weighted by molar-refractivity contribution is 7.90. The molecule has 0 fully saturated rings. The van der Waals surface area contributed by atoms with Crippen molar-refractivity contribution in [3.8, 4) is 0 Å². The lowest BCUT2D eigenvalue weighted by Crippen LogP contribution is -1.98. The number of hydrogen-bond donors (Lipinski definition) is 1. The molecule has 0 heterocycles. The molecule has 7 heavy (non-hydrogen) atoms. The van der Waals surface area contributed by atoms with Crippen LogP contribution < -0.4 is 0 Å². The highest BCUT2D eigenvalue weighted by Crippen LogP contribution is 1.84. The topological polar surface area (TPSA) is 23.1 Å². The summed E-state index contributed by atoms with van der Waals surface area (Å²) in [5.41, 5.74) is 0. The highest BCUT2D eigenvalue weighted by atomic mass is 32.2. The summed E-state index contributed by atoms with van der Waals surface area (Å²) in [6.07, 6.45) is 3.42. The fraction of sp³-hybridized carbons (Fsp3) is 0.500. The lowest BCUT2D eigenvalue weighted by atomic mass is 10.8. The van der Waals surface area contributed by atoms with E-state index in [1.165, 1.54) is 0 Å². The molecule has 0 aromatic heterocycles. The third-order valence-electron chi connectivity index (χ3n) is 0.436. The molecule has 0 aromatic carbocycles. The Bertz CT molecular complexity index is 60.7. The zero-order chi connectivity index (χ0) is 5.70. The maximum Gasteiger partial charge on any atom is 0.124 e. The molecule has 0 amide bonds. The van der Waals surface area contributed by atoms with Crippen LogP contribution in [0.5, 0.6) is 0 Å². The van der Waals surface area contributed by atoms with Gasteiger partial charge < -0.3 is 4.55 Å². The summed E-state index contributed by atoms with van der Waals surface area (Å²) < 4.78 is 10.2. The van der Waals surface area contributed by atoms with Crippen LogP contribution in [0.2, 0.25) is 0 Å². The van der Waals surface area contributed by atoms with E-state index in [9.17, 15) is 4.55 Å². The van der Waals surface area contributed by atoms with E-state index in [1.54, 1.807) is 17.7 Å². The zero-order valence-corrected chi connectivity index (χ0v) is 5.84. The Morgan fingerprint density at radius 2 is 2.43 bits per heavy atom. The highest BCUT2D eigenvalue weighted by Gasteiger charge is 1.86. The molecule has 0 saturated heterocycles. The van der Waals surface area contributed by atoms with Crippen LogP contribution in [0.3, 0.4) is 0 Å². The van der Waals surface area contributed by atoms with Crippen LogP contribution in [0.25, 0.3) is 0 Å². The first-order valence-electron chi connectivity index (χ1n) is 1.86. The summed E-state index contributed by atoms with van der Waals surface area (Å²) in [4.78, 5) is 0. The quantitative estimate of drug-likeness (QED) is 0.440. The molecule has 1 nitrogen and oxygen atoms in total. The minimum absolute atomic E-state index is 0.615. The van der Waals surface area contributed by atoms with Crippen molar-refractivity contribution in [1.82, 2.24) is 0 Å². The van der Waals surface area contributed by atoms with Gasteiger partial charge in [-0.15, -0.1) is 0 Å². The van der Waals surface area contributed by atoms with Crippen molar-refractivity contribution in [2.24, 2.45) is 0 Å². The molecule has 0 bridgehead atoms. The van der Waals surface area contributed by atoms with E-state index < -0.39 is 11.2 Å². The molecule has 1 atom stereocenters. The largest absolute Gasteiger partial charge is 0.616 e. The van der Waals surface area contributed by atoms with Gasteiger partial charge in [-0.05, 0) is 11.5 Å². The summed E-state index contributed by atoms with van der Waals surface area (Å²) >= 11 is 3.08. The van der Waals surface area contributed by atoms with Crippen molar-refractivity contribution in [3.63, 3.8) is 0 Å². The predicted molar refractivity (Wildman–Crippen MR) is 37.1 cm³/mol. The van der Waals surface area contributed by atoms with E-state index in [0.29, 0.717) is 5.75 Å². The minimum atomic E-state index is -0.701. The van der Waals surface area contributed by atoms with Gasteiger partial charge in [0.25, 0.3) is 0 Å². The average molecular weight is 136 g/mol. The van der Waals surface area contributed by atoms with Crippen LogP contribution >= 0.6 is 12.6 Å². The molecule has 0 aliphatic rings. The van der Waals surface area contributed by atoms with E-state index in [0.717, 1.165) is 0 Å². The molecule has 0 spiro atoms. The zero-order valence-electron chi connectivity index (χ0n) is 4.13. The van der Waals surface area contributed by atoms with Crippen LogP contribution in [0.1, 0.15) is 0 Å². The molecule has 0 rings (SSSR count). The number of hydrogen-bond acceptors (Lipinski definition) is 2. The Balaban J connectivity index is 2.97. The van der Waals surface area contributed by atoms with E-state index in [1.807, 2.05) is 0 Å². The van der Waals surface area contributed by atoms with E-state index >= 15 is 0 Å². The van der Waals surface area contributed by atoms with Gasteiger partial charge in [-0.3, -0.25) is 0 Å². The van der Waals surface area contributed by atoms with Crippen molar-refractivity contribution < 1.29 is 4.55 Å². The van der Waals surface area contributed by atoms with Crippen molar-refractivity contribution >= 4 is 23.8 Å². The molecule has 0 aromatic rings. The molecule has 0 N–H and O–H groups in total. The molecular weight excluding hydrogens is 128 g/mol. The minimum Gasteiger partial charge on any atom is -0.616 e. The molecule has 3 heteroatoms. The van der Waals surface area contributed by atoms with Gasteiger partial charge >= 0.3 is 0 Å². The maximum atomic E-state index is 10.2. The third kappa shape index (κ3) is 6.40.